The second-order valence-corrected chi connectivity index (χ2v) is 5.42. The summed E-state index contributed by atoms with van der Waals surface area (Å²) >= 11 is 12.0. The Kier molecular flexibility index (Phi) is 5.10. The highest BCUT2D eigenvalue weighted by Crippen LogP contribution is 2.33. The molecule has 5 heteroatoms. The van der Waals surface area contributed by atoms with Gasteiger partial charge in [-0.1, -0.05) is 41.4 Å². The van der Waals surface area contributed by atoms with Crippen molar-refractivity contribution in [2.45, 2.75) is 12.3 Å². The second kappa shape index (κ2) is 6.83. The molecule has 0 amide bonds. The lowest BCUT2D eigenvalue weighted by Crippen LogP contribution is -2.08. The molecule has 0 bridgehead atoms. The van der Waals surface area contributed by atoms with Crippen LogP contribution in [-0.2, 0) is 4.79 Å². The molecule has 1 atom stereocenters. The molecule has 0 aromatic heterocycles. The number of benzene rings is 2. The molecule has 0 saturated heterocycles. The normalized spacial score (nSPS) is 12.0. The smallest absolute Gasteiger partial charge is 0.304 e. The van der Waals surface area contributed by atoms with Crippen molar-refractivity contribution in [3.63, 3.8) is 0 Å². The van der Waals surface area contributed by atoms with Gasteiger partial charge in [0.2, 0.25) is 0 Å². The summed E-state index contributed by atoms with van der Waals surface area (Å²) < 4.78 is 5.19. The number of ether oxygens (including phenoxy) is 1. The van der Waals surface area contributed by atoms with Crippen LogP contribution in [-0.4, -0.2) is 18.2 Å². The minimum absolute atomic E-state index is 0.0366. The number of hydrogen-bond acceptors (Lipinski definition) is 2. The van der Waals surface area contributed by atoms with Crippen LogP contribution in [0.1, 0.15) is 23.5 Å². The summed E-state index contributed by atoms with van der Waals surface area (Å²) in [5.41, 5.74) is 1.66. The lowest BCUT2D eigenvalue weighted by Gasteiger charge is -2.17. The van der Waals surface area contributed by atoms with Crippen molar-refractivity contribution in [2.24, 2.45) is 0 Å². The molecule has 0 aliphatic rings. The van der Waals surface area contributed by atoms with E-state index >= 15 is 0 Å². The fourth-order valence-corrected chi connectivity index (χ4v) is 2.50. The molecule has 0 heterocycles. The van der Waals surface area contributed by atoms with E-state index in [0.717, 1.165) is 11.1 Å². The summed E-state index contributed by atoms with van der Waals surface area (Å²) in [7, 11) is 1.57. The molecule has 21 heavy (non-hydrogen) atoms. The predicted molar refractivity (Wildman–Crippen MR) is 83.6 cm³/mol. The Morgan fingerprint density at radius 1 is 1.14 bits per heavy atom. The van der Waals surface area contributed by atoms with Crippen molar-refractivity contribution in [3.05, 3.63) is 63.6 Å². The molecule has 0 spiro atoms. The first kappa shape index (κ1) is 15.7. The largest absolute Gasteiger partial charge is 0.497 e. The fraction of sp³-hybridized carbons (Fsp3) is 0.188. The van der Waals surface area contributed by atoms with Crippen LogP contribution in [0.3, 0.4) is 0 Å². The molecule has 0 saturated carbocycles. The van der Waals surface area contributed by atoms with Crippen molar-refractivity contribution in [1.82, 2.24) is 0 Å². The third kappa shape index (κ3) is 3.90. The summed E-state index contributed by atoms with van der Waals surface area (Å²) in [5, 5.41) is 10.0. The first-order chi connectivity index (χ1) is 10.0. The summed E-state index contributed by atoms with van der Waals surface area (Å²) in [5.74, 6) is -0.510. The van der Waals surface area contributed by atoms with Gasteiger partial charge in [0.05, 0.1) is 23.6 Å². The zero-order valence-corrected chi connectivity index (χ0v) is 12.9. The van der Waals surface area contributed by atoms with Crippen LogP contribution >= 0.6 is 23.2 Å². The number of rotatable bonds is 5. The van der Waals surface area contributed by atoms with Crippen LogP contribution < -0.4 is 4.74 Å². The van der Waals surface area contributed by atoms with Gasteiger partial charge in [-0.3, -0.25) is 4.79 Å². The maximum atomic E-state index is 11.2. The van der Waals surface area contributed by atoms with Gasteiger partial charge in [0, 0.05) is 5.92 Å². The molecule has 110 valence electrons. The van der Waals surface area contributed by atoms with Crippen molar-refractivity contribution in [2.75, 3.05) is 7.11 Å². The van der Waals surface area contributed by atoms with E-state index in [9.17, 15) is 4.79 Å². The number of methoxy groups -OCH3 is 1. The highest BCUT2D eigenvalue weighted by atomic mass is 35.5. The standard InChI is InChI=1S/C16H14Cl2O3/c1-21-12-4-2-3-10(7-12)13(9-16(19)20)11-5-6-14(17)15(18)8-11/h2-8,13H,9H2,1H3,(H,19,20)/t13-/m1/s1. The second-order valence-electron chi connectivity index (χ2n) is 4.60. The van der Waals surface area contributed by atoms with Gasteiger partial charge in [0.25, 0.3) is 0 Å². The van der Waals surface area contributed by atoms with Gasteiger partial charge in [0.1, 0.15) is 5.75 Å². The van der Waals surface area contributed by atoms with Crippen LogP contribution in [0.5, 0.6) is 5.75 Å². The van der Waals surface area contributed by atoms with Gasteiger partial charge in [-0.05, 0) is 35.4 Å². The summed E-state index contributed by atoms with van der Waals surface area (Å²) in [4.78, 5) is 11.2. The molecular weight excluding hydrogens is 311 g/mol. The number of halogens is 2. The van der Waals surface area contributed by atoms with E-state index in [1.165, 1.54) is 0 Å². The summed E-state index contributed by atoms with van der Waals surface area (Å²) in [6.07, 6.45) is -0.0366. The highest BCUT2D eigenvalue weighted by Gasteiger charge is 2.19. The number of carboxylic acid groups (broad SMARTS) is 1. The molecule has 0 fully saturated rings. The van der Waals surface area contributed by atoms with E-state index < -0.39 is 5.97 Å². The van der Waals surface area contributed by atoms with Crippen LogP contribution in [0.25, 0.3) is 0 Å². The van der Waals surface area contributed by atoms with Crippen molar-refractivity contribution in [3.8, 4) is 5.75 Å². The molecule has 2 rings (SSSR count). The predicted octanol–water partition coefficient (Wildman–Crippen LogP) is 4.61. The van der Waals surface area contributed by atoms with Crippen molar-refractivity contribution < 1.29 is 14.6 Å². The Labute approximate surface area is 133 Å². The fourth-order valence-electron chi connectivity index (χ4n) is 2.19. The molecule has 0 radical (unpaired) electrons. The Morgan fingerprint density at radius 2 is 1.86 bits per heavy atom. The van der Waals surface area contributed by atoms with Gasteiger partial charge in [-0.15, -0.1) is 0 Å². The van der Waals surface area contributed by atoms with E-state index in [1.54, 1.807) is 25.3 Å². The Balaban J connectivity index is 2.46. The Hall–Kier alpha value is -1.71. The molecule has 0 unspecified atom stereocenters. The number of carboxylic acids is 1. The van der Waals surface area contributed by atoms with E-state index in [-0.39, 0.29) is 12.3 Å². The molecule has 2 aromatic carbocycles. The van der Waals surface area contributed by atoms with E-state index in [0.29, 0.717) is 15.8 Å². The molecular formula is C16H14Cl2O3. The van der Waals surface area contributed by atoms with Crippen LogP contribution in [0.4, 0.5) is 0 Å². The average Bonchev–Trinajstić information content (AvgIpc) is 2.47. The Morgan fingerprint density at radius 3 is 2.48 bits per heavy atom. The monoisotopic (exact) mass is 324 g/mol. The molecule has 1 N–H and O–H groups in total. The van der Waals surface area contributed by atoms with Gasteiger partial charge < -0.3 is 9.84 Å². The van der Waals surface area contributed by atoms with E-state index in [1.807, 2.05) is 24.3 Å². The van der Waals surface area contributed by atoms with Crippen LogP contribution in [0.2, 0.25) is 10.0 Å². The lowest BCUT2D eigenvalue weighted by molar-refractivity contribution is -0.137. The minimum atomic E-state index is -0.881. The maximum absolute atomic E-state index is 11.2. The zero-order chi connectivity index (χ0) is 15.4. The third-order valence-electron chi connectivity index (χ3n) is 3.22. The highest BCUT2D eigenvalue weighted by molar-refractivity contribution is 6.42. The number of aliphatic carboxylic acids is 1. The quantitative estimate of drug-likeness (QED) is 0.873. The van der Waals surface area contributed by atoms with E-state index in [4.69, 9.17) is 33.0 Å². The Bertz CT molecular complexity index is 656. The van der Waals surface area contributed by atoms with Crippen LogP contribution in [0.15, 0.2) is 42.5 Å². The van der Waals surface area contributed by atoms with Gasteiger partial charge in [-0.25, -0.2) is 0 Å². The first-order valence-corrected chi connectivity index (χ1v) is 7.07. The van der Waals surface area contributed by atoms with Gasteiger partial charge >= 0.3 is 5.97 Å². The lowest BCUT2D eigenvalue weighted by atomic mass is 9.88. The molecule has 2 aromatic rings. The van der Waals surface area contributed by atoms with Crippen molar-refractivity contribution in [1.29, 1.82) is 0 Å². The summed E-state index contributed by atoms with van der Waals surface area (Å²) in [6, 6.07) is 12.5. The average molecular weight is 325 g/mol. The first-order valence-electron chi connectivity index (χ1n) is 6.32. The van der Waals surface area contributed by atoms with E-state index in [2.05, 4.69) is 0 Å². The van der Waals surface area contributed by atoms with Crippen LogP contribution in [0, 0.1) is 0 Å². The van der Waals surface area contributed by atoms with Gasteiger partial charge in [0.15, 0.2) is 0 Å². The summed E-state index contributed by atoms with van der Waals surface area (Å²) in [6.45, 7) is 0. The van der Waals surface area contributed by atoms with Gasteiger partial charge in [-0.2, -0.15) is 0 Å². The minimum Gasteiger partial charge on any atom is -0.497 e. The molecule has 3 nitrogen and oxygen atoms in total. The number of carbonyl (C=O) groups is 1. The third-order valence-corrected chi connectivity index (χ3v) is 3.96. The maximum Gasteiger partial charge on any atom is 0.304 e. The SMILES string of the molecule is COc1cccc([C@@H](CC(=O)O)c2ccc(Cl)c(Cl)c2)c1. The number of hydrogen-bond donors (Lipinski definition) is 1. The molecule has 0 aliphatic heterocycles. The topological polar surface area (TPSA) is 46.5 Å². The molecule has 0 aliphatic carbocycles. The van der Waals surface area contributed by atoms with Crippen molar-refractivity contribution >= 4 is 29.2 Å². The zero-order valence-electron chi connectivity index (χ0n) is 11.3.